The highest BCUT2D eigenvalue weighted by molar-refractivity contribution is 6.86. The summed E-state index contributed by atoms with van der Waals surface area (Å²) >= 11 is 0. The van der Waals surface area contributed by atoms with Crippen molar-refractivity contribution >= 4 is 8.56 Å². The summed E-state index contributed by atoms with van der Waals surface area (Å²) in [5.41, 5.74) is 0.474. The molecule has 0 amide bonds. The number of hydrogen-bond donors (Lipinski definition) is 0. The molecule has 2 aliphatic rings. The van der Waals surface area contributed by atoms with Crippen molar-refractivity contribution in [2.75, 3.05) is 0 Å². The first-order chi connectivity index (χ1) is 4.15. The summed E-state index contributed by atoms with van der Waals surface area (Å²) in [6.45, 7) is 6.45. The summed E-state index contributed by atoms with van der Waals surface area (Å²) in [7, 11) is -1.47. The fourth-order valence-electron chi connectivity index (χ4n) is 1.52. The predicted molar refractivity (Wildman–Crippen MR) is 36.1 cm³/mol. The van der Waals surface area contributed by atoms with Gasteiger partial charge in [0.05, 0.1) is 5.73 Å². The highest BCUT2D eigenvalue weighted by atomic mass is 28.4. The van der Waals surface area contributed by atoms with Gasteiger partial charge in [-0.15, -0.1) is 0 Å². The van der Waals surface area contributed by atoms with Gasteiger partial charge < -0.3 is 8.85 Å². The van der Waals surface area contributed by atoms with E-state index in [0.29, 0.717) is 5.73 Å². The Balaban J connectivity index is 2.10. The average molecular weight is 144 g/mol. The van der Waals surface area contributed by atoms with Gasteiger partial charge in [0, 0.05) is 0 Å². The Hall–Kier alpha value is 0.137. The molecule has 3 heteroatoms. The van der Waals surface area contributed by atoms with Crippen molar-refractivity contribution in [3.63, 3.8) is 0 Å². The van der Waals surface area contributed by atoms with Crippen LogP contribution < -0.4 is 0 Å². The third-order valence-corrected chi connectivity index (χ3v) is 6.73. The normalized spacial score (nSPS) is 62.3. The second kappa shape index (κ2) is 1.26. The van der Waals surface area contributed by atoms with Crippen LogP contribution in [-0.2, 0) is 8.85 Å². The molecule has 2 heterocycles. The summed E-state index contributed by atoms with van der Waals surface area (Å²) in [5.74, 6) is 0. The van der Waals surface area contributed by atoms with Gasteiger partial charge in [0.1, 0.15) is 5.22 Å². The quantitative estimate of drug-likeness (QED) is 0.407. The van der Waals surface area contributed by atoms with Gasteiger partial charge in [0.25, 0.3) is 0 Å². The summed E-state index contributed by atoms with van der Waals surface area (Å²) in [4.78, 5) is 0. The third-order valence-electron chi connectivity index (χ3n) is 2.58. The van der Waals surface area contributed by atoms with Crippen LogP contribution in [0.5, 0.6) is 0 Å². The Morgan fingerprint density at radius 2 is 2.22 bits per heavy atom. The lowest BCUT2D eigenvalue weighted by Crippen LogP contribution is -2.15. The molecule has 0 aromatic heterocycles. The van der Waals surface area contributed by atoms with E-state index in [1.807, 2.05) is 0 Å². The molecule has 9 heavy (non-hydrogen) atoms. The van der Waals surface area contributed by atoms with E-state index in [9.17, 15) is 0 Å². The van der Waals surface area contributed by atoms with Crippen molar-refractivity contribution in [1.29, 1.82) is 0 Å². The van der Waals surface area contributed by atoms with Gasteiger partial charge in [-0.2, -0.15) is 0 Å². The molecule has 2 nitrogen and oxygen atoms in total. The van der Waals surface area contributed by atoms with Crippen LogP contribution in [0.25, 0.3) is 0 Å². The molecule has 0 saturated carbocycles. The molecule has 1 spiro atoms. The van der Waals surface area contributed by atoms with Crippen LogP contribution in [0.15, 0.2) is 0 Å². The molecule has 0 aromatic carbocycles. The van der Waals surface area contributed by atoms with Gasteiger partial charge in [-0.25, -0.2) is 0 Å². The summed E-state index contributed by atoms with van der Waals surface area (Å²) in [5, 5.41) is 0.187. The lowest BCUT2D eigenvalue weighted by Gasteiger charge is -1.94. The van der Waals surface area contributed by atoms with E-state index in [1.54, 1.807) is 0 Å². The summed E-state index contributed by atoms with van der Waals surface area (Å²) < 4.78 is 11.0. The monoisotopic (exact) mass is 144 g/mol. The maximum absolute atomic E-state index is 5.58. The zero-order valence-electron chi connectivity index (χ0n) is 6.10. The molecule has 2 fully saturated rings. The topological polar surface area (TPSA) is 25.1 Å². The Morgan fingerprint density at radius 1 is 1.67 bits per heavy atom. The van der Waals surface area contributed by atoms with E-state index in [2.05, 4.69) is 20.8 Å². The fourth-order valence-corrected chi connectivity index (χ4v) is 5.18. The third kappa shape index (κ3) is 0.485. The Labute approximate surface area is 56.4 Å². The molecule has 3 atom stereocenters. The standard InChI is InChI=1S/C6H12O2Si/c1-4-6(3)8-9(6)5(2)7-9/h5H,4H2,1-3H3. The molecular weight excluding hydrogens is 132 g/mol. The first kappa shape index (κ1) is 5.89. The van der Waals surface area contributed by atoms with Gasteiger partial charge in [-0.3, -0.25) is 0 Å². The highest BCUT2D eigenvalue weighted by Gasteiger charge is 2.85. The van der Waals surface area contributed by atoms with Gasteiger partial charge in [-0.05, 0) is 20.3 Å². The smallest absolute Gasteiger partial charge is 0.386 e. The number of hydrogen-bond acceptors (Lipinski definition) is 2. The van der Waals surface area contributed by atoms with E-state index in [0.717, 1.165) is 6.42 Å². The lowest BCUT2D eigenvalue weighted by molar-refractivity contribution is 0.329. The average Bonchev–Trinajstić information content (AvgIpc) is 2.58. The van der Waals surface area contributed by atoms with Crippen LogP contribution in [-0.4, -0.2) is 19.5 Å². The molecule has 52 valence electrons. The van der Waals surface area contributed by atoms with Crippen molar-refractivity contribution in [3.05, 3.63) is 0 Å². The summed E-state index contributed by atoms with van der Waals surface area (Å²) in [6, 6.07) is 0. The van der Waals surface area contributed by atoms with E-state index < -0.39 is 8.56 Å². The van der Waals surface area contributed by atoms with Crippen LogP contribution in [0, 0.1) is 0 Å². The van der Waals surface area contributed by atoms with Crippen molar-refractivity contribution in [1.82, 2.24) is 0 Å². The maximum Gasteiger partial charge on any atom is 0.398 e. The zero-order chi connectivity index (χ0) is 6.70. The zero-order valence-corrected chi connectivity index (χ0v) is 7.10. The van der Waals surface area contributed by atoms with E-state index in [4.69, 9.17) is 8.85 Å². The van der Waals surface area contributed by atoms with Crippen LogP contribution in [0.4, 0.5) is 0 Å². The first-order valence-electron chi connectivity index (χ1n) is 3.52. The predicted octanol–water partition coefficient (Wildman–Crippen LogP) is 1.12. The minimum atomic E-state index is -1.47. The molecule has 0 bridgehead atoms. The number of rotatable bonds is 1. The molecule has 0 radical (unpaired) electrons. The second-order valence-electron chi connectivity index (χ2n) is 3.11. The highest BCUT2D eigenvalue weighted by Crippen LogP contribution is 2.59. The van der Waals surface area contributed by atoms with E-state index in [-0.39, 0.29) is 5.22 Å². The SMILES string of the molecule is CCC1(C)O[Si]12OC2C. The van der Waals surface area contributed by atoms with Gasteiger partial charge >= 0.3 is 8.56 Å². The van der Waals surface area contributed by atoms with Crippen LogP contribution in [0.3, 0.4) is 0 Å². The lowest BCUT2D eigenvalue weighted by atomic mass is 10.3. The second-order valence-corrected chi connectivity index (χ2v) is 6.76. The van der Waals surface area contributed by atoms with Gasteiger partial charge in [0.2, 0.25) is 0 Å². The molecule has 0 N–H and O–H groups in total. The van der Waals surface area contributed by atoms with Crippen molar-refractivity contribution in [2.45, 2.75) is 38.1 Å². The Morgan fingerprint density at radius 3 is 2.33 bits per heavy atom. The van der Waals surface area contributed by atoms with Crippen molar-refractivity contribution in [3.8, 4) is 0 Å². The minimum absolute atomic E-state index is 0.187. The largest absolute Gasteiger partial charge is 0.398 e. The fraction of sp³-hybridized carbons (Fsp3) is 1.00. The molecule has 3 unspecified atom stereocenters. The van der Waals surface area contributed by atoms with Crippen molar-refractivity contribution < 1.29 is 8.85 Å². The molecule has 0 aliphatic carbocycles. The van der Waals surface area contributed by atoms with Crippen molar-refractivity contribution in [2.24, 2.45) is 0 Å². The molecule has 2 aliphatic heterocycles. The Kier molecular flexibility index (Phi) is 0.824. The van der Waals surface area contributed by atoms with Gasteiger partial charge in [-0.1, -0.05) is 6.92 Å². The Bertz CT molecular complexity index is 155. The first-order valence-corrected chi connectivity index (χ1v) is 5.42. The van der Waals surface area contributed by atoms with Crippen LogP contribution in [0.1, 0.15) is 27.2 Å². The molecule has 2 rings (SSSR count). The molecular formula is C6H12O2Si. The van der Waals surface area contributed by atoms with Crippen LogP contribution in [0.2, 0.25) is 0 Å². The van der Waals surface area contributed by atoms with E-state index >= 15 is 0 Å². The minimum Gasteiger partial charge on any atom is -0.386 e. The van der Waals surface area contributed by atoms with Crippen LogP contribution >= 0.6 is 0 Å². The molecule has 0 aromatic rings. The molecule has 2 saturated heterocycles. The van der Waals surface area contributed by atoms with E-state index in [1.165, 1.54) is 0 Å². The maximum atomic E-state index is 5.58. The summed E-state index contributed by atoms with van der Waals surface area (Å²) in [6.07, 6.45) is 1.11. The van der Waals surface area contributed by atoms with Gasteiger partial charge in [0.15, 0.2) is 0 Å².